The number of aromatic nitrogens is 2. The van der Waals surface area contributed by atoms with Crippen molar-refractivity contribution in [2.24, 2.45) is 5.92 Å². The van der Waals surface area contributed by atoms with Crippen LogP contribution in [-0.2, 0) is 16.1 Å². The number of hydrogen-bond donors (Lipinski definition) is 1. The van der Waals surface area contributed by atoms with E-state index in [9.17, 15) is 9.18 Å². The Morgan fingerprint density at radius 1 is 1.17 bits per heavy atom. The van der Waals surface area contributed by atoms with Crippen molar-refractivity contribution in [2.45, 2.75) is 50.4 Å². The Hall–Kier alpha value is -2.61. The van der Waals surface area contributed by atoms with Gasteiger partial charge in [0.25, 0.3) is 0 Å². The number of methoxy groups -OCH3 is 1. The maximum Gasteiger partial charge on any atom is 0.340 e. The van der Waals surface area contributed by atoms with Crippen LogP contribution in [0.5, 0.6) is 0 Å². The molecule has 36 heavy (non-hydrogen) atoms. The Morgan fingerprint density at radius 2 is 1.94 bits per heavy atom. The van der Waals surface area contributed by atoms with Crippen LogP contribution >= 0.6 is 23.2 Å². The Labute approximate surface area is 218 Å². The van der Waals surface area contributed by atoms with E-state index in [1.807, 2.05) is 18.2 Å². The van der Waals surface area contributed by atoms with E-state index in [0.717, 1.165) is 60.4 Å². The molecule has 2 heterocycles. The number of nitrogens with zero attached hydrogens (tertiary/aromatic N) is 2. The molecular weight excluding hydrogens is 504 g/mol. The number of halogens is 3. The molecule has 9 heteroatoms. The molecule has 6 rings (SSSR count). The summed E-state index contributed by atoms with van der Waals surface area (Å²) in [7, 11) is 1.25. The molecule has 2 aromatic carbocycles. The first-order valence-electron chi connectivity index (χ1n) is 12.2. The van der Waals surface area contributed by atoms with Crippen molar-refractivity contribution < 1.29 is 18.7 Å². The molecule has 1 aromatic heterocycles. The van der Waals surface area contributed by atoms with Gasteiger partial charge in [0.05, 0.1) is 46.8 Å². The van der Waals surface area contributed by atoms with E-state index >= 15 is 0 Å². The summed E-state index contributed by atoms with van der Waals surface area (Å²) in [5.74, 6) is -0.459. The van der Waals surface area contributed by atoms with Crippen molar-refractivity contribution in [3.05, 3.63) is 69.2 Å². The van der Waals surface area contributed by atoms with Gasteiger partial charge in [0.2, 0.25) is 0 Å². The van der Waals surface area contributed by atoms with Gasteiger partial charge >= 0.3 is 5.97 Å². The average Bonchev–Trinajstić information content (AvgIpc) is 3.32. The lowest BCUT2D eigenvalue weighted by Gasteiger charge is -2.33. The molecule has 2 saturated carbocycles. The van der Waals surface area contributed by atoms with Crippen LogP contribution in [0.2, 0.25) is 10.0 Å². The maximum absolute atomic E-state index is 14.5. The molecule has 3 atom stereocenters. The number of ether oxygens (including phenoxy) is 2. The molecule has 3 aromatic rings. The van der Waals surface area contributed by atoms with Gasteiger partial charge in [-0.25, -0.2) is 9.18 Å². The molecule has 3 aliphatic rings. The van der Waals surface area contributed by atoms with Crippen molar-refractivity contribution in [1.82, 2.24) is 10.2 Å². The lowest BCUT2D eigenvalue weighted by atomic mass is 10.0. The van der Waals surface area contributed by atoms with Crippen molar-refractivity contribution in [3.63, 3.8) is 0 Å². The molecule has 2 bridgehead atoms. The van der Waals surface area contributed by atoms with Gasteiger partial charge < -0.3 is 14.4 Å². The van der Waals surface area contributed by atoms with Crippen LogP contribution in [-0.4, -0.2) is 42.0 Å². The monoisotopic (exact) mass is 529 g/mol. The quantitative estimate of drug-likeness (QED) is 0.360. The zero-order valence-corrected chi connectivity index (χ0v) is 21.3. The largest absolute Gasteiger partial charge is 0.465 e. The van der Waals surface area contributed by atoms with Gasteiger partial charge in [0.1, 0.15) is 5.82 Å². The van der Waals surface area contributed by atoms with Crippen LogP contribution in [0.15, 0.2) is 36.4 Å². The zero-order valence-electron chi connectivity index (χ0n) is 19.8. The van der Waals surface area contributed by atoms with Crippen molar-refractivity contribution in [3.8, 4) is 11.1 Å². The first kappa shape index (κ1) is 23.8. The smallest absolute Gasteiger partial charge is 0.340 e. The third kappa shape index (κ3) is 4.17. The molecule has 0 spiro atoms. The van der Waals surface area contributed by atoms with Crippen LogP contribution in [0.1, 0.15) is 53.3 Å². The van der Waals surface area contributed by atoms with E-state index < -0.39 is 11.8 Å². The van der Waals surface area contributed by atoms with Crippen LogP contribution in [0.4, 0.5) is 10.1 Å². The van der Waals surface area contributed by atoms with Crippen LogP contribution < -0.4 is 4.90 Å². The average molecular weight is 530 g/mol. The van der Waals surface area contributed by atoms with Crippen molar-refractivity contribution in [2.75, 3.05) is 18.6 Å². The summed E-state index contributed by atoms with van der Waals surface area (Å²) >= 11 is 13.1. The van der Waals surface area contributed by atoms with Gasteiger partial charge in [-0.15, -0.1) is 0 Å². The fourth-order valence-electron chi connectivity index (χ4n) is 5.74. The van der Waals surface area contributed by atoms with Crippen LogP contribution in [0.25, 0.3) is 11.1 Å². The first-order chi connectivity index (χ1) is 17.4. The van der Waals surface area contributed by atoms with E-state index in [-0.39, 0.29) is 17.7 Å². The molecule has 1 N–H and O–H groups in total. The topological polar surface area (TPSA) is 67.4 Å². The SMILES string of the molecule is COC(=O)c1ccc(N2C[C@@H]3C[C@H]2C[C@H]3OCc2[nH]nc(C3CC3)c2-c2c(Cl)cccc2Cl)cc1F. The van der Waals surface area contributed by atoms with Crippen molar-refractivity contribution >= 4 is 34.9 Å². The minimum Gasteiger partial charge on any atom is -0.465 e. The molecule has 2 aliphatic carbocycles. The molecule has 1 saturated heterocycles. The number of esters is 1. The Balaban J connectivity index is 1.16. The van der Waals surface area contributed by atoms with Gasteiger partial charge in [0.15, 0.2) is 0 Å². The third-order valence-electron chi connectivity index (χ3n) is 7.65. The molecule has 1 aliphatic heterocycles. The summed E-state index contributed by atoms with van der Waals surface area (Å²) in [4.78, 5) is 13.9. The standard InChI is InChI=1S/C27H26Cl2FN3O3/c1-35-27(34)18-8-7-16(10-21(18)30)33-12-15-9-17(33)11-23(15)36-13-22-25(26(32-31-22)14-5-6-14)24-19(28)3-2-4-20(24)29/h2-4,7-8,10,14-15,17,23H,5-6,9,11-13H2,1H3,(H,31,32)/t15-,17-,23+/m0/s1. The Bertz CT molecular complexity index is 1310. The molecule has 6 nitrogen and oxygen atoms in total. The summed E-state index contributed by atoms with van der Waals surface area (Å²) in [5.41, 5.74) is 4.42. The number of H-pyrrole nitrogens is 1. The molecular formula is C27H26Cl2FN3O3. The lowest BCUT2D eigenvalue weighted by Crippen LogP contribution is -2.38. The summed E-state index contributed by atoms with van der Waals surface area (Å²) < 4.78 is 25.6. The Morgan fingerprint density at radius 3 is 2.58 bits per heavy atom. The molecule has 0 unspecified atom stereocenters. The second-order valence-corrected chi connectivity index (χ2v) is 10.7. The van der Waals surface area contributed by atoms with Gasteiger partial charge in [-0.1, -0.05) is 29.3 Å². The number of aromatic amines is 1. The minimum atomic E-state index is -0.670. The fraction of sp³-hybridized carbons (Fsp3) is 0.407. The number of nitrogens with one attached hydrogen (secondary N) is 1. The first-order valence-corrected chi connectivity index (χ1v) is 13.0. The zero-order chi connectivity index (χ0) is 25.0. The van der Waals surface area contributed by atoms with E-state index in [0.29, 0.717) is 28.5 Å². The van der Waals surface area contributed by atoms with Crippen LogP contribution in [0.3, 0.4) is 0 Å². The number of benzene rings is 2. The number of rotatable bonds is 7. The predicted octanol–water partition coefficient (Wildman–Crippen LogP) is 6.37. The van der Waals surface area contributed by atoms with E-state index in [1.165, 1.54) is 19.2 Å². The van der Waals surface area contributed by atoms with Gasteiger partial charge in [-0.3, -0.25) is 5.10 Å². The predicted molar refractivity (Wildman–Crippen MR) is 136 cm³/mol. The highest BCUT2D eigenvalue weighted by Crippen LogP contribution is 2.48. The summed E-state index contributed by atoms with van der Waals surface area (Å²) in [6.45, 7) is 1.18. The lowest BCUT2D eigenvalue weighted by molar-refractivity contribution is 0.0113. The van der Waals surface area contributed by atoms with E-state index in [1.54, 1.807) is 6.07 Å². The van der Waals surface area contributed by atoms with E-state index in [2.05, 4.69) is 19.8 Å². The van der Waals surface area contributed by atoms with E-state index in [4.69, 9.17) is 27.9 Å². The maximum atomic E-state index is 14.5. The summed E-state index contributed by atoms with van der Waals surface area (Å²) in [5, 5.41) is 9.02. The summed E-state index contributed by atoms with van der Waals surface area (Å²) in [6, 6.07) is 10.5. The number of hydrogen-bond acceptors (Lipinski definition) is 5. The highest BCUT2D eigenvalue weighted by Gasteiger charge is 2.45. The van der Waals surface area contributed by atoms with Gasteiger partial charge in [-0.05, 0) is 56.0 Å². The van der Waals surface area contributed by atoms with Gasteiger partial charge in [-0.2, -0.15) is 5.10 Å². The Kier molecular flexibility index (Phi) is 6.18. The number of carbonyl (C=O) groups is 1. The van der Waals surface area contributed by atoms with Crippen LogP contribution in [0, 0.1) is 11.7 Å². The number of piperidine rings is 1. The second-order valence-electron chi connectivity index (χ2n) is 9.88. The fourth-order valence-corrected chi connectivity index (χ4v) is 6.33. The number of anilines is 1. The number of carbonyl (C=O) groups excluding carboxylic acids is 1. The molecule has 188 valence electrons. The highest BCUT2D eigenvalue weighted by atomic mass is 35.5. The molecule has 3 fully saturated rings. The minimum absolute atomic E-state index is 0.0497. The van der Waals surface area contributed by atoms with Gasteiger partial charge in [0, 0.05) is 41.2 Å². The normalized spacial score (nSPS) is 22.9. The van der Waals surface area contributed by atoms with Crippen molar-refractivity contribution in [1.29, 1.82) is 0 Å². The third-order valence-corrected chi connectivity index (χ3v) is 8.28. The number of fused-ring (bicyclic) bond motifs is 2. The second kappa shape index (κ2) is 9.36. The molecule has 0 radical (unpaired) electrons. The molecule has 0 amide bonds. The summed E-state index contributed by atoms with van der Waals surface area (Å²) in [6.07, 6.45) is 4.18. The highest BCUT2D eigenvalue weighted by molar-refractivity contribution is 6.39.